The zero-order chi connectivity index (χ0) is 21.5. The Kier molecular flexibility index (Phi) is 4.86. The van der Waals surface area contributed by atoms with Gasteiger partial charge in [0.05, 0.1) is 17.0 Å². The summed E-state index contributed by atoms with van der Waals surface area (Å²) in [4.78, 5) is 16.0. The molecule has 4 rings (SSSR count). The third-order valence-corrected chi connectivity index (χ3v) is 4.62. The molecule has 0 spiro atoms. The van der Waals surface area contributed by atoms with Crippen LogP contribution in [0.25, 0.3) is 5.69 Å². The van der Waals surface area contributed by atoms with Crippen LogP contribution in [-0.2, 0) is 24.1 Å². The minimum Gasteiger partial charge on any atom is -0.388 e. The number of hydrogen-bond acceptors (Lipinski definition) is 5. The fourth-order valence-electron chi connectivity index (χ4n) is 3.34. The molecule has 0 atom stereocenters. The van der Waals surface area contributed by atoms with Crippen molar-refractivity contribution >= 4 is 17.3 Å². The van der Waals surface area contributed by atoms with Gasteiger partial charge >= 0.3 is 6.18 Å². The van der Waals surface area contributed by atoms with E-state index in [9.17, 15) is 23.1 Å². The molecule has 3 aromatic rings. The van der Waals surface area contributed by atoms with Crippen molar-refractivity contribution in [3.8, 4) is 5.69 Å². The van der Waals surface area contributed by atoms with Crippen LogP contribution < -0.4 is 5.32 Å². The Hall–Kier alpha value is -3.53. The highest BCUT2D eigenvalue weighted by molar-refractivity contribution is 6.15. The highest BCUT2D eigenvalue weighted by Crippen LogP contribution is 2.31. The van der Waals surface area contributed by atoms with Gasteiger partial charge in [-0.3, -0.25) is 14.4 Å². The number of halogens is 3. The van der Waals surface area contributed by atoms with Crippen molar-refractivity contribution in [2.24, 2.45) is 4.99 Å². The minimum absolute atomic E-state index is 0.119. The predicted molar refractivity (Wildman–Crippen MR) is 102 cm³/mol. The molecule has 0 saturated heterocycles. The number of alkyl halides is 3. The first-order chi connectivity index (χ1) is 14.3. The van der Waals surface area contributed by atoms with Crippen LogP contribution >= 0.6 is 0 Å². The first kappa shape index (κ1) is 19.8. The lowest BCUT2D eigenvalue weighted by Crippen LogP contribution is -2.12. The summed E-state index contributed by atoms with van der Waals surface area (Å²) < 4.78 is 40.5. The van der Waals surface area contributed by atoms with Crippen LogP contribution in [0.15, 0.2) is 47.5 Å². The Labute approximate surface area is 168 Å². The number of aliphatic imine (C=N–C) groups is 1. The predicted octanol–water partition coefficient (Wildman–Crippen LogP) is 3.09. The summed E-state index contributed by atoms with van der Waals surface area (Å²) in [5.74, 6) is 0.523. The molecular formula is C20H16F3N5O2. The topological polar surface area (TPSA) is 92.4 Å². The van der Waals surface area contributed by atoms with Gasteiger partial charge in [0.15, 0.2) is 11.6 Å². The van der Waals surface area contributed by atoms with Gasteiger partial charge in [0.2, 0.25) is 5.91 Å². The molecule has 1 aromatic heterocycles. The normalized spacial score (nSPS) is 13.2. The molecule has 1 amide bonds. The maximum atomic E-state index is 12.9. The molecule has 30 heavy (non-hydrogen) atoms. The van der Waals surface area contributed by atoms with Crippen LogP contribution in [0.3, 0.4) is 0 Å². The monoisotopic (exact) mass is 415 g/mol. The number of amides is 1. The van der Waals surface area contributed by atoms with Crippen LogP contribution in [0.2, 0.25) is 0 Å². The van der Waals surface area contributed by atoms with Crippen LogP contribution in [0.5, 0.6) is 0 Å². The number of nitrogens with one attached hydrogen (secondary N) is 1. The molecule has 0 saturated carbocycles. The van der Waals surface area contributed by atoms with Gasteiger partial charge in [-0.1, -0.05) is 12.1 Å². The maximum absolute atomic E-state index is 12.9. The summed E-state index contributed by atoms with van der Waals surface area (Å²) in [5.41, 5.74) is 1.84. The molecule has 2 N–H and O–H groups in total. The Balaban J connectivity index is 1.88. The van der Waals surface area contributed by atoms with E-state index in [0.717, 1.165) is 12.1 Å². The van der Waals surface area contributed by atoms with E-state index in [2.05, 4.69) is 20.5 Å². The smallest absolute Gasteiger partial charge is 0.388 e. The lowest BCUT2D eigenvalue weighted by atomic mass is 9.98. The van der Waals surface area contributed by atoms with Gasteiger partial charge in [-0.15, -0.1) is 10.2 Å². The van der Waals surface area contributed by atoms with E-state index in [1.54, 1.807) is 22.8 Å². The lowest BCUT2D eigenvalue weighted by molar-refractivity contribution is -0.137. The first-order valence-electron chi connectivity index (χ1n) is 8.96. The molecule has 1 aliphatic rings. The number of hydrogen-bond donors (Lipinski definition) is 2. The third kappa shape index (κ3) is 3.57. The fourth-order valence-corrected chi connectivity index (χ4v) is 3.34. The lowest BCUT2D eigenvalue weighted by Gasteiger charge is -2.15. The van der Waals surface area contributed by atoms with E-state index in [1.165, 1.54) is 19.1 Å². The molecule has 2 aromatic carbocycles. The van der Waals surface area contributed by atoms with Crippen molar-refractivity contribution in [3.05, 3.63) is 70.8 Å². The molecule has 10 heteroatoms. The van der Waals surface area contributed by atoms with Crippen molar-refractivity contribution < 1.29 is 23.1 Å². The van der Waals surface area contributed by atoms with Crippen molar-refractivity contribution in [2.75, 3.05) is 5.32 Å². The quantitative estimate of drug-likeness (QED) is 0.688. The van der Waals surface area contributed by atoms with E-state index >= 15 is 0 Å². The van der Waals surface area contributed by atoms with E-state index in [4.69, 9.17) is 0 Å². The summed E-state index contributed by atoms with van der Waals surface area (Å²) in [5, 5.41) is 20.4. The summed E-state index contributed by atoms with van der Waals surface area (Å²) in [6.45, 7) is 1.14. The Bertz CT molecular complexity index is 1150. The average molecular weight is 415 g/mol. The summed E-state index contributed by atoms with van der Waals surface area (Å²) in [6.07, 6.45) is -4.44. The first-order valence-corrected chi connectivity index (χ1v) is 8.96. The van der Waals surface area contributed by atoms with Crippen molar-refractivity contribution in [1.82, 2.24) is 14.8 Å². The van der Waals surface area contributed by atoms with Crippen molar-refractivity contribution in [2.45, 2.75) is 26.3 Å². The van der Waals surface area contributed by atoms with E-state index < -0.39 is 11.7 Å². The molecule has 0 aliphatic carbocycles. The number of carbonyl (C=O) groups is 1. The molecule has 0 bridgehead atoms. The van der Waals surface area contributed by atoms with Crippen LogP contribution in [0.4, 0.5) is 18.9 Å². The second-order valence-corrected chi connectivity index (χ2v) is 6.68. The molecule has 0 radical (unpaired) electrons. The van der Waals surface area contributed by atoms with Crippen LogP contribution in [-0.4, -0.2) is 31.5 Å². The van der Waals surface area contributed by atoms with Gasteiger partial charge in [-0.05, 0) is 30.3 Å². The second kappa shape index (κ2) is 7.38. The zero-order valence-corrected chi connectivity index (χ0v) is 15.7. The summed E-state index contributed by atoms with van der Waals surface area (Å²) in [7, 11) is 0. The number of carbonyl (C=O) groups excluding carboxylic acids is 1. The average Bonchev–Trinajstić information content (AvgIpc) is 3.03. The minimum atomic E-state index is -4.44. The second-order valence-electron chi connectivity index (χ2n) is 6.68. The zero-order valence-electron chi connectivity index (χ0n) is 15.7. The Morgan fingerprint density at radius 1 is 1.17 bits per heavy atom. The number of anilines is 1. The van der Waals surface area contributed by atoms with Gasteiger partial charge < -0.3 is 10.4 Å². The van der Waals surface area contributed by atoms with Gasteiger partial charge in [0, 0.05) is 23.7 Å². The van der Waals surface area contributed by atoms with Gasteiger partial charge in [-0.2, -0.15) is 13.2 Å². The largest absolute Gasteiger partial charge is 0.416 e. The molecule has 154 valence electrons. The number of rotatable bonds is 3. The number of benzene rings is 2. The number of aromatic nitrogens is 3. The molecule has 7 nitrogen and oxygen atoms in total. The third-order valence-electron chi connectivity index (χ3n) is 4.62. The number of fused-ring (bicyclic) bond motifs is 3. The van der Waals surface area contributed by atoms with E-state index in [0.29, 0.717) is 39.9 Å². The highest BCUT2D eigenvalue weighted by atomic mass is 19.4. The fraction of sp³-hybridized carbons (Fsp3) is 0.200. The number of nitrogens with zero attached hydrogens (tertiary/aromatic N) is 4. The Morgan fingerprint density at radius 2 is 1.90 bits per heavy atom. The summed E-state index contributed by atoms with van der Waals surface area (Å²) >= 11 is 0. The molecule has 0 unspecified atom stereocenters. The van der Waals surface area contributed by atoms with Gasteiger partial charge in [0.1, 0.15) is 13.2 Å². The van der Waals surface area contributed by atoms with Crippen LogP contribution in [0.1, 0.15) is 35.3 Å². The SMILES string of the molecule is CC(=O)Nc1ccc2c(c1)C(c1ccc(C(F)(F)F)cc1)=NCc1nnc(CO)n1-2. The molecule has 2 heterocycles. The standard InChI is InChI=1S/C20H16F3N5O2/c1-11(30)25-14-6-7-16-15(8-14)19(12-2-4-13(5-3-12)20(21,22)23)24-9-17-26-27-18(10-29)28(16)17/h2-8,29H,9-10H2,1H3,(H,25,30). The summed E-state index contributed by atoms with van der Waals surface area (Å²) in [6, 6.07) is 9.80. The van der Waals surface area contributed by atoms with Crippen LogP contribution in [0, 0.1) is 0 Å². The number of aliphatic hydroxyl groups excluding tert-OH is 1. The van der Waals surface area contributed by atoms with Gasteiger partial charge in [-0.25, -0.2) is 0 Å². The molecule has 0 fully saturated rings. The Morgan fingerprint density at radius 3 is 2.53 bits per heavy atom. The maximum Gasteiger partial charge on any atom is 0.416 e. The number of aliphatic hydroxyl groups is 1. The van der Waals surface area contributed by atoms with Gasteiger partial charge in [0.25, 0.3) is 0 Å². The van der Waals surface area contributed by atoms with Crippen molar-refractivity contribution in [1.29, 1.82) is 0 Å². The molecule has 1 aliphatic heterocycles. The van der Waals surface area contributed by atoms with E-state index in [-0.39, 0.29) is 19.1 Å². The highest BCUT2D eigenvalue weighted by Gasteiger charge is 2.30. The van der Waals surface area contributed by atoms with E-state index in [1.807, 2.05) is 0 Å². The van der Waals surface area contributed by atoms with Crippen molar-refractivity contribution in [3.63, 3.8) is 0 Å². The molecular weight excluding hydrogens is 399 g/mol.